The van der Waals surface area contributed by atoms with E-state index in [0.717, 1.165) is 4.90 Å². The fourth-order valence-electron chi connectivity index (χ4n) is 3.83. The van der Waals surface area contributed by atoms with Crippen molar-refractivity contribution in [2.75, 3.05) is 16.3 Å². The summed E-state index contributed by atoms with van der Waals surface area (Å²) in [7, 11) is 0. The van der Waals surface area contributed by atoms with Gasteiger partial charge in [0.15, 0.2) is 0 Å². The molecule has 2 aliphatic heterocycles. The minimum absolute atomic E-state index is 0.0284. The number of carbonyl (C=O) groups excluding carboxylic acids is 4. The Balaban J connectivity index is 1.48. The summed E-state index contributed by atoms with van der Waals surface area (Å²) in [5, 5.41) is 11.2. The molecule has 0 unspecified atom stereocenters. The number of rotatable bonds is 5. The minimum Gasteiger partial charge on any atom is -0.426 e. The molecule has 164 valence electrons. The number of carbonyl (C=O) groups is 4. The molecule has 32 heavy (non-hydrogen) atoms. The van der Waals surface area contributed by atoms with E-state index in [4.69, 9.17) is 4.74 Å². The first kappa shape index (κ1) is 21.2. The Morgan fingerprint density at radius 1 is 1.03 bits per heavy atom. The SMILES string of the molecule is Cc1ccc(N2C[C@H](C(=O)Oc3cccc(N4C(=O)CCC4=O)c3)CC2=O)cc1[N+](=O)[O-]. The number of benzene rings is 2. The smallest absolute Gasteiger partial charge is 0.316 e. The van der Waals surface area contributed by atoms with Crippen molar-refractivity contribution in [2.45, 2.75) is 26.2 Å². The molecule has 2 heterocycles. The average Bonchev–Trinajstić information content (AvgIpc) is 3.30. The second-order valence-electron chi connectivity index (χ2n) is 7.67. The number of aryl methyl sites for hydroxylation is 1. The summed E-state index contributed by atoms with van der Waals surface area (Å²) in [6.45, 7) is 1.63. The van der Waals surface area contributed by atoms with Crippen molar-refractivity contribution in [3.8, 4) is 5.75 Å². The molecule has 10 heteroatoms. The molecular weight excluding hydrogens is 418 g/mol. The van der Waals surface area contributed by atoms with Crippen LogP contribution in [0.4, 0.5) is 17.1 Å². The number of amides is 3. The number of nitro benzene ring substituents is 1. The molecule has 1 atom stereocenters. The van der Waals surface area contributed by atoms with Crippen LogP contribution in [0, 0.1) is 23.0 Å². The van der Waals surface area contributed by atoms with Gasteiger partial charge in [0.2, 0.25) is 17.7 Å². The molecule has 0 bridgehead atoms. The van der Waals surface area contributed by atoms with Crippen LogP contribution in [0.3, 0.4) is 0 Å². The Morgan fingerprint density at radius 2 is 1.75 bits per heavy atom. The van der Waals surface area contributed by atoms with E-state index in [2.05, 4.69) is 0 Å². The average molecular weight is 437 g/mol. The van der Waals surface area contributed by atoms with Crippen LogP contribution in [0.2, 0.25) is 0 Å². The topological polar surface area (TPSA) is 127 Å². The molecule has 2 aliphatic rings. The lowest BCUT2D eigenvalue weighted by molar-refractivity contribution is -0.385. The highest BCUT2D eigenvalue weighted by atomic mass is 16.6. The van der Waals surface area contributed by atoms with Crippen LogP contribution in [0.1, 0.15) is 24.8 Å². The summed E-state index contributed by atoms with van der Waals surface area (Å²) in [5.74, 6) is -2.23. The predicted molar refractivity (Wildman–Crippen MR) is 112 cm³/mol. The van der Waals surface area contributed by atoms with E-state index in [1.54, 1.807) is 31.2 Å². The van der Waals surface area contributed by atoms with E-state index in [-0.39, 0.29) is 55.0 Å². The summed E-state index contributed by atoms with van der Waals surface area (Å²) in [6.07, 6.45) is 0.184. The number of nitrogens with zero attached hydrogens (tertiary/aromatic N) is 3. The van der Waals surface area contributed by atoms with Gasteiger partial charge in [0.25, 0.3) is 5.69 Å². The van der Waals surface area contributed by atoms with E-state index < -0.39 is 16.8 Å². The standard InChI is InChI=1S/C22H19N3O7/c1-13-5-6-15(11-18(13)25(30)31)23-12-14(9-21(23)28)22(29)32-17-4-2-3-16(10-17)24-19(26)7-8-20(24)27/h2-6,10-11,14H,7-9,12H2,1H3/t14-/m1/s1. The van der Waals surface area contributed by atoms with E-state index in [1.165, 1.54) is 23.1 Å². The molecule has 2 fully saturated rings. The normalized spacial score (nSPS) is 18.4. The minimum atomic E-state index is -0.762. The van der Waals surface area contributed by atoms with Gasteiger partial charge in [-0.05, 0) is 25.1 Å². The maximum Gasteiger partial charge on any atom is 0.316 e. The first-order valence-electron chi connectivity index (χ1n) is 9.97. The van der Waals surface area contributed by atoms with Crippen molar-refractivity contribution >= 4 is 40.8 Å². The quantitative estimate of drug-likeness (QED) is 0.231. The maximum absolute atomic E-state index is 12.7. The molecule has 0 saturated carbocycles. The first-order valence-corrected chi connectivity index (χ1v) is 9.97. The Labute approximate surface area is 182 Å². The van der Waals surface area contributed by atoms with Crippen LogP contribution in [0.15, 0.2) is 42.5 Å². The number of anilines is 2. The Kier molecular flexibility index (Phi) is 5.43. The zero-order valence-corrected chi connectivity index (χ0v) is 17.1. The van der Waals surface area contributed by atoms with Crippen molar-refractivity contribution in [1.82, 2.24) is 0 Å². The van der Waals surface area contributed by atoms with Crippen LogP contribution in [0.25, 0.3) is 0 Å². The van der Waals surface area contributed by atoms with Crippen molar-refractivity contribution < 1.29 is 28.8 Å². The highest BCUT2D eigenvalue weighted by Gasteiger charge is 2.37. The molecule has 0 radical (unpaired) electrons. The highest BCUT2D eigenvalue weighted by molar-refractivity contribution is 6.19. The third-order valence-corrected chi connectivity index (χ3v) is 5.51. The van der Waals surface area contributed by atoms with Crippen LogP contribution >= 0.6 is 0 Å². The van der Waals surface area contributed by atoms with E-state index in [9.17, 15) is 29.3 Å². The second kappa shape index (κ2) is 8.22. The molecule has 0 aromatic heterocycles. The lowest BCUT2D eigenvalue weighted by Crippen LogP contribution is -2.29. The number of imide groups is 1. The summed E-state index contributed by atoms with van der Waals surface area (Å²) in [5.41, 5.74) is 1.02. The predicted octanol–water partition coefficient (Wildman–Crippen LogP) is 2.52. The van der Waals surface area contributed by atoms with Gasteiger partial charge >= 0.3 is 5.97 Å². The van der Waals surface area contributed by atoms with Gasteiger partial charge in [-0.3, -0.25) is 34.2 Å². The Bertz CT molecular complexity index is 1140. The molecule has 0 aliphatic carbocycles. The molecule has 2 aromatic rings. The van der Waals surface area contributed by atoms with Crippen LogP contribution in [-0.2, 0) is 19.2 Å². The zero-order chi connectivity index (χ0) is 23.0. The lowest BCUT2D eigenvalue weighted by atomic mass is 10.1. The molecule has 10 nitrogen and oxygen atoms in total. The molecule has 3 amide bonds. The van der Waals surface area contributed by atoms with Gasteiger partial charge in [-0.25, -0.2) is 0 Å². The Morgan fingerprint density at radius 3 is 2.44 bits per heavy atom. The second-order valence-corrected chi connectivity index (χ2v) is 7.67. The third-order valence-electron chi connectivity index (χ3n) is 5.51. The van der Waals surface area contributed by atoms with Gasteiger partial charge < -0.3 is 9.64 Å². The monoisotopic (exact) mass is 437 g/mol. The number of hydrogen-bond acceptors (Lipinski definition) is 7. The van der Waals surface area contributed by atoms with Crippen LogP contribution < -0.4 is 14.5 Å². The van der Waals surface area contributed by atoms with E-state index in [0.29, 0.717) is 16.9 Å². The zero-order valence-electron chi connectivity index (χ0n) is 17.1. The number of esters is 1. The van der Waals surface area contributed by atoms with Crippen molar-refractivity contribution in [3.63, 3.8) is 0 Å². The largest absolute Gasteiger partial charge is 0.426 e. The molecule has 2 saturated heterocycles. The highest BCUT2D eigenvalue weighted by Crippen LogP contribution is 2.31. The molecule has 4 rings (SSSR count). The summed E-state index contributed by atoms with van der Waals surface area (Å²) in [6, 6.07) is 10.5. The van der Waals surface area contributed by atoms with Crippen LogP contribution in [0.5, 0.6) is 5.75 Å². The lowest BCUT2D eigenvalue weighted by Gasteiger charge is -2.17. The summed E-state index contributed by atoms with van der Waals surface area (Å²) < 4.78 is 5.41. The number of nitro groups is 1. The molecule has 2 aromatic carbocycles. The van der Waals surface area contributed by atoms with Crippen molar-refractivity contribution in [1.29, 1.82) is 0 Å². The first-order chi connectivity index (χ1) is 15.2. The van der Waals surface area contributed by atoms with Gasteiger partial charge in [0.05, 0.1) is 22.2 Å². The number of hydrogen-bond donors (Lipinski definition) is 0. The summed E-state index contributed by atoms with van der Waals surface area (Å²) in [4.78, 5) is 62.1. The fourth-order valence-corrected chi connectivity index (χ4v) is 3.83. The molecular formula is C22H19N3O7. The van der Waals surface area contributed by atoms with Gasteiger partial charge in [0.1, 0.15) is 5.75 Å². The molecule has 0 spiro atoms. The van der Waals surface area contributed by atoms with Gasteiger partial charge in [-0.1, -0.05) is 12.1 Å². The van der Waals surface area contributed by atoms with E-state index in [1.807, 2.05) is 0 Å². The van der Waals surface area contributed by atoms with Gasteiger partial charge in [0, 0.05) is 43.5 Å². The number of ether oxygens (including phenoxy) is 1. The van der Waals surface area contributed by atoms with Gasteiger partial charge in [-0.15, -0.1) is 0 Å². The Hall–Kier alpha value is -4.08. The summed E-state index contributed by atoms with van der Waals surface area (Å²) >= 11 is 0. The van der Waals surface area contributed by atoms with Crippen molar-refractivity contribution in [3.05, 3.63) is 58.1 Å². The third kappa shape index (κ3) is 3.94. The fraction of sp³-hybridized carbons (Fsp3) is 0.273. The van der Waals surface area contributed by atoms with E-state index >= 15 is 0 Å². The van der Waals surface area contributed by atoms with Crippen LogP contribution in [-0.4, -0.2) is 35.2 Å². The van der Waals surface area contributed by atoms with Crippen molar-refractivity contribution in [2.24, 2.45) is 5.92 Å². The van der Waals surface area contributed by atoms with Gasteiger partial charge in [-0.2, -0.15) is 0 Å². The maximum atomic E-state index is 12.7. The molecule has 0 N–H and O–H groups in total.